The van der Waals surface area contributed by atoms with E-state index < -0.39 is 23.9 Å². The van der Waals surface area contributed by atoms with Gasteiger partial charge in [0.05, 0.1) is 6.07 Å². The number of imidazole rings is 1. The van der Waals surface area contributed by atoms with E-state index in [0.29, 0.717) is 18.8 Å². The van der Waals surface area contributed by atoms with E-state index in [0.717, 1.165) is 12.8 Å². The number of hydrogen-bond acceptors (Lipinski definition) is 5. The highest BCUT2D eigenvalue weighted by molar-refractivity contribution is 6.40. The number of aromatic amines is 1. The molecule has 2 aliphatic rings. The Morgan fingerprint density at radius 2 is 2.03 bits per heavy atom. The van der Waals surface area contributed by atoms with Gasteiger partial charge in [0.25, 0.3) is 5.91 Å². The third kappa shape index (κ3) is 5.69. The lowest BCUT2D eigenvalue weighted by atomic mass is 9.92. The smallest absolute Gasteiger partial charge is 0.290 e. The molecule has 1 saturated carbocycles. The molecule has 0 radical (unpaired) electrons. The van der Waals surface area contributed by atoms with Crippen LogP contribution in [-0.4, -0.2) is 57.3 Å². The Bertz CT molecular complexity index is 901. The van der Waals surface area contributed by atoms with Gasteiger partial charge in [-0.25, -0.2) is 4.98 Å². The molecular weight excluding hydrogens is 443 g/mol. The van der Waals surface area contributed by atoms with Gasteiger partial charge in [0.1, 0.15) is 17.2 Å². The van der Waals surface area contributed by atoms with E-state index in [9.17, 15) is 19.6 Å². The number of nitrogens with one attached hydrogen (secondary N) is 3. The molecule has 0 spiro atoms. The zero-order valence-electron chi connectivity index (χ0n) is 17.7. The Morgan fingerprint density at radius 3 is 2.52 bits per heavy atom. The Balaban J connectivity index is 1.69. The molecule has 3 N–H and O–H groups in total. The van der Waals surface area contributed by atoms with Crippen LogP contribution in [0.4, 0.5) is 0 Å². The van der Waals surface area contributed by atoms with Crippen LogP contribution in [-0.2, 0) is 9.59 Å². The van der Waals surface area contributed by atoms with E-state index in [-0.39, 0.29) is 39.9 Å². The third-order valence-corrected chi connectivity index (χ3v) is 6.39. The van der Waals surface area contributed by atoms with Crippen molar-refractivity contribution in [3.05, 3.63) is 16.1 Å². The summed E-state index contributed by atoms with van der Waals surface area (Å²) in [6, 6.07) is 0.450. The van der Waals surface area contributed by atoms with E-state index in [2.05, 4.69) is 26.7 Å². The fourth-order valence-electron chi connectivity index (χ4n) is 3.93. The summed E-state index contributed by atoms with van der Waals surface area (Å²) in [5.74, 6) is -1.15. The van der Waals surface area contributed by atoms with E-state index in [4.69, 9.17) is 23.2 Å². The maximum absolute atomic E-state index is 13.1. The first-order chi connectivity index (χ1) is 14.5. The summed E-state index contributed by atoms with van der Waals surface area (Å²) in [5.41, 5.74) is -0.335. The average molecular weight is 469 g/mol. The van der Waals surface area contributed by atoms with Crippen LogP contribution in [0.15, 0.2) is 0 Å². The number of H-pyrrole nitrogens is 1. The van der Waals surface area contributed by atoms with Crippen LogP contribution in [0.1, 0.15) is 56.6 Å². The molecule has 1 aromatic heterocycles. The van der Waals surface area contributed by atoms with Gasteiger partial charge >= 0.3 is 0 Å². The number of amides is 3. The number of nitriles is 1. The standard InChI is InChI=1S/C20H26Cl2N6O3/c1-20(2)8-11(17(29)27-20)7-12(9-23)24-18(30)13(6-10-4-5-10)28(3)19(31)16-25-14(21)15(22)26-16/h10-13H,4-8H2,1-3H3,(H,24,30)(H,25,26)(H,27,29)/t11-,12+,13+/m1/s1. The molecule has 168 valence electrons. The van der Waals surface area contributed by atoms with Crippen molar-refractivity contribution in [3.63, 3.8) is 0 Å². The van der Waals surface area contributed by atoms with Gasteiger partial charge in [-0.15, -0.1) is 0 Å². The molecule has 0 bridgehead atoms. The minimum atomic E-state index is -0.838. The fourth-order valence-corrected chi connectivity index (χ4v) is 4.20. The molecule has 2 fully saturated rings. The summed E-state index contributed by atoms with van der Waals surface area (Å²) < 4.78 is 0. The lowest BCUT2D eigenvalue weighted by Crippen LogP contribution is -2.51. The summed E-state index contributed by atoms with van der Waals surface area (Å²) in [4.78, 5) is 45.9. The van der Waals surface area contributed by atoms with Crippen molar-refractivity contribution in [2.45, 2.75) is 63.6 Å². The highest BCUT2D eigenvalue weighted by atomic mass is 35.5. The van der Waals surface area contributed by atoms with Gasteiger partial charge in [0.2, 0.25) is 11.8 Å². The van der Waals surface area contributed by atoms with Gasteiger partial charge in [-0.2, -0.15) is 5.26 Å². The lowest BCUT2D eigenvalue weighted by molar-refractivity contribution is -0.127. The SMILES string of the molecule is CN(C(=O)c1nc(Cl)c(Cl)[nH]1)[C@@H](CC1CC1)C(=O)N[C@H](C#N)C[C@@H]1CC(C)(C)NC1=O. The molecule has 1 aromatic rings. The summed E-state index contributed by atoms with van der Waals surface area (Å²) in [7, 11) is 1.51. The number of likely N-dealkylation sites (N-methyl/N-ethyl adjacent to an activating group) is 1. The molecule has 3 amide bonds. The van der Waals surface area contributed by atoms with Crippen molar-refractivity contribution >= 4 is 40.9 Å². The summed E-state index contributed by atoms with van der Waals surface area (Å²) in [6.45, 7) is 3.84. The van der Waals surface area contributed by atoms with Gasteiger partial charge in [-0.05, 0) is 39.0 Å². The monoisotopic (exact) mass is 468 g/mol. The quantitative estimate of drug-likeness (QED) is 0.538. The molecule has 3 atom stereocenters. The normalized spacial score (nSPS) is 21.7. The minimum absolute atomic E-state index is 0.0241. The second kappa shape index (κ2) is 9.05. The molecule has 31 heavy (non-hydrogen) atoms. The maximum Gasteiger partial charge on any atom is 0.290 e. The molecule has 1 aliphatic heterocycles. The van der Waals surface area contributed by atoms with Crippen molar-refractivity contribution in [3.8, 4) is 6.07 Å². The molecule has 9 nitrogen and oxygen atoms in total. The summed E-state index contributed by atoms with van der Waals surface area (Å²) in [5, 5.41) is 15.2. The molecule has 1 aliphatic carbocycles. The number of nitrogens with zero attached hydrogens (tertiary/aromatic N) is 3. The number of hydrogen-bond donors (Lipinski definition) is 3. The largest absolute Gasteiger partial charge is 0.351 e. The molecule has 11 heteroatoms. The van der Waals surface area contributed by atoms with Crippen molar-refractivity contribution in [2.75, 3.05) is 7.05 Å². The van der Waals surface area contributed by atoms with Crippen LogP contribution < -0.4 is 10.6 Å². The second-order valence-electron chi connectivity index (χ2n) is 9.00. The van der Waals surface area contributed by atoms with Crippen molar-refractivity contribution in [1.29, 1.82) is 5.26 Å². The number of carbonyl (C=O) groups excluding carboxylic acids is 3. The maximum atomic E-state index is 13.1. The number of carbonyl (C=O) groups is 3. The van der Waals surface area contributed by atoms with Crippen molar-refractivity contribution in [2.24, 2.45) is 11.8 Å². The Morgan fingerprint density at radius 1 is 1.35 bits per heavy atom. The summed E-state index contributed by atoms with van der Waals surface area (Å²) in [6.07, 6.45) is 3.26. The minimum Gasteiger partial charge on any atom is -0.351 e. The zero-order chi connectivity index (χ0) is 22.9. The fraction of sp³-hybridized carbons (Fsp3) is 0.650. The average Bonchev–Trinajstić information content (AvgIpc) is 3.40. The van der Waals surface area contributed by atoms with Crippen molar-refractivity contribution < 1.29 is 14.4 Å². The first kappa shape index (κ1) is 23.4. The molecule has 3 rings (SSSR count). The molecule has 1 saturated heterocycles. The molecular formula is C20H26Cl2N6O3. The lowest BCUT2D eigenvalue weighted by Gasteiger charge is -2.28. The van der Waals surface area contributed by atoms with Crippen LogP contribution >= 0.6 is 23.2 Å². The van der Waals surface area contributed by atoms with Gasteiger partial charge in [0, 0.05) is 18.5 Å². The van der Waals surface area contributed by atoms with E-state index in [1.165, 1.54) is 11.9 Å². The zero-order valence-corrected chi connectivity index (χ0v) is 19.2. The second-order valence-corrected chi connectivity index (χ2v) is 9.74. The molecule has 0 aromatic carbocycles. The highest BCUT2D eigenvalue weighted by Gasteiger charge is 2.40. The van der Waals surface area contributed by atoms with Gasteiger partial charge in [0.15, 0.2) is 11.0 Å². The first-order valence-corrected chi connectivity index (χ1v) is 11.0. The topological polar surface area (TPSA) is 131 Å². The van der Waals surface area contributed by atoms with E-state index in [1.54, 1.807) is 0 Å². The van der Waals surface area contributed by atoms with Crippen molar-refractivity contribution in [1.82, 2.24) is 25.5 Å². The number of halogens is 2. The van der Waals surface area contributed by atoms with Gasteiger partial charge < -0.3 is 20.5 Å². The Labute approximate surface area is 190 Å². The van der Waals surface area contributed by atoms with Crippen LogP contribution in [0.3, 0.4) is 0 Å². The predicted octanol–water partition coefficient (Wildman–Crippen LogP) is 2.27. The highest BCUT2D eigenvalue weighted by Crippen LogP contribution is 2.35. The van der Waals surface area contributed by atoms with Crippen LogP contribution in [0.25, 0.3) is 0 Å². The van der Waals surface area contributed by atoms with Gasteiger partial charge in [-0.3, -0.25) is 14.4 Å². The predicted molar refractivity (Wildman–Crippen MR) is 114 cm³/mol. The number of rotatable bonds is 8. The Hall–Kier alpha value is -2.31. The van der Waals surface area contributed by atoms with E-state index in [1.807, 2.05) is 13.8 Å². The molecule has 2 heterocycles. The first-order valence-electron chi connectivity index (χ1n) is 10.2. The van der Waals surface area contributed by atoms with Crippen LogP contribution in [0.5, 0.6) is 0 Å². The molecule has 0 unspecified atom stereocenters. The van der Waals surface area contributed by atoms with E-state index >= 15 is 0 Å². The van der Waals surface area contributed by atoms with Crippen LogP contribution in [0.2, 0.25) is 10.3 Å². The number of aromatic nitrogens is 2. The third-order valence-electron chi connectivity index (χ3n) is 5.75. The Kier molecular flexibility index (Phi) is 6.82. The summed E-state index contributed by atoms with van der Waals surface area (Å²) >= 11 is 11.7. The van der Waals surface area contributed by atoms with Crippen LogP contribution in [0, 0.1) is 23.2 Å². The van der Waals surface area contributed by atoms with Gasteiger partial charge in [-0.1, -0.05) is 36.0 Å².